The van der Waals surface area contributed by atoms with Crippen molar-refractivity contribution in [2.75, 3.05) is 13.2 Å². The summed E-state index contributed by atoms with van der Waals surface area (Å²) in [6.07, 6.45) is 4.19. The maximum Gasteiger partial charge on any atom is 0.407 e. The lowest BCUT2D eigenvalue weighted by molar-refractivity contribution is -0.142. The number of benzene rings is 2. The minimum absolute atomic E-state index is 0.00625. The molecule has 2 aromatic carbocycles. The van der Waals surface area contributed by atoms with Gasteiger partial charge in [-0.2, -0.15) is 0 Å². The van der Waals surface area contributed by atoms with Gasteiger partial charge in [0.05, 0.1) is 5.92 Å². The van der Waals surface area contributed by atoms with Crippen molar-refractivity contribution < 1.29 is 24.2 Å². The van der Waals surface area contributed by atoms with Crippen LogP contribution >= 0.6 is 0 Å². The van der Waals surface area contributed by atoms with E-state index in [1.54, 1.807) is 0 Å². The molecule has 0 radical (unpaired) electrons. The van der Waals surface area contributed by atoms with Crippen molar-refractivity contribution in [1.82, 2.24) is 10.6 Å². The third kappa shape index (κ3) is 4.77. The number of carbonyl (C=O) groups excluding carboxylic acids is 2. The number of nitrogens with one attached hydrogen (secondary N) is 2. The van der Waals surface area contributed by atoms with Crippen molar-refractivity contribution in [1.29, 1.82) is 0 Å². The molecule has 7 heteroatoms. The first-order chi connectivity index (χ1) is 17.0. The van der Waals surface area contributed by atoms with Gasteiger partial charge in [-0.15, -0.1) is 0 Å². The Labute approximate surface area is 205 Å². The van der Waals surface area contributed by atoms with E-state index >= 15 is 0 Å². The van der Waals surface area contributed by atoms with Crippen molar-refractivity contribution in [3.05, 3.63) is 59.7 Å². The molecule has 0 heterocycles. The van der Waals surface area contributed by atoms with Crippen LogP contribution in [-0.4, -0.2) is 42.3 Å². The number of amides is 2. The molecule has 0 aliphatic heterocycles. The SMILES string of the molecule is O=C(NC[C@H]1CCC[C@H]1C(=O)NC1CCCC1C(=O)O)OCC1c2ccccc2-c2ccccc21. The van der Waals surface area contributed by atoms with Crippen molar-refractivity contribution >= 4 is 18.0 Å². The lowest BCUT2D eigenvalue weighted by atomic mass is 9.94. The summed E-state index contributed by atoms with van der Waals surface area (Å²) >= 11 is 0. The van der Waals surface area contributed by atoms with E-state index in [0.29, 0.717) is 19.4 Å². The number of hydrogen-bond donors (Lipinski definition) is 3. The fourth-order valence-corrected chi connectivity index (χ4v) is 6.21. The molecule has 3 aliphatic rings. The molecule has 0 spiro atoms. The van der Waals surface area contributed by atoms with Gasteiger partial charge in [-0.3, -0.25) is 9.59 Å². The van der Waals surface area contributed by atoms with Gasteiger partial charge >= 0.3 is 12.1 Å². The first-order valence-corrected chi connectivity index (χ1v) is 12.6. The van der Waals surface area contributed by atoms with Gasteiger partial charge < -0.3 is 20.5 Å². The third-order valence-electron chi connectivity index (χ3n) is 8.01. The number of ether oxygens (including phenoxy) is 1. The number of rotatable bonds is 7. The third-order valence-corrected chi connectivity index (χ3v) is 8.01. The van der Waals surface area contributed by atoms with Crippen molar-refractivity contribution in [3.63, 3.8) is 0 Å². The van der Waals surface area contributed by atoms with Gasteiger partial charge in [0.1, 0.15) is 6.61 Å². The van der Waals surface area contributed by atoms with E-state index in [9.17, 15) is 19.5 Å². The molecule has 5 rings (SSSR count). The second-order valence-electron chi connectivity index (χ2n) is 9.99. The van der Waals surface area contributed by atoms with E-state index in [4.69, 9.17) is 4.74 Å². The quantitative estimate of drug-likeness (QED) is 0.552. The molecular weight excluding hydrogens is 444 g/mol. The summed E-state index contributed by atoms with van der Waals surface area (Å²) in [5, 5.41) is 15.2. The second kappa shape index (κ2) is 10.1. The highest BCUT2D eigenvalue weighted by Crippen LogP contribution is 2.44. The van der Waals surface area contributed by atoms with Crippen LogP contribution in [0.2, 0.25) is 0 Å². The van der Waals surface area contributed by atoms with Gasteiger partial charge in [0.25, 0.3) is 0 Å². The molecule has 35 heavy (non-hydrogen) atoms. The van der Waals surface area contributed by atoms with Crippen LogP contribution in [-0.2, 0) is 14.3 Å². The average molecular weight is 477 g/mol. The summed E-state index contributed by atoms with van der Waals surface area (Å²) in [7, 11) is 0. The number of carboxylic acids is 1. The van der Waals surface area contributed by atoms with Crippen LogP contribution < -0.4 is 10.6 Å². The van der Waals surface area contributed by atoms with Gasteiger partial charge in [-0.1, -0.05) is 61.4 Å². The lowest BCUT2D eigenvalue weighted by Gasteiger charge is -2.24. The van der Waals surface area contributed by atoms with Crippen molar-refractivity contribution in [3.8, 4) is 11.1 Å². The zero-order chi connectivity index (χ0) is 24.4. The molecule has 2 amide bonds. The molecule has 2 aromatic rings. The number of aliphatic carboxylic acids is 1. The van der Waals surface area contributed by atoms with Gasteiger partial charge in [-0.25, -0.2) is 4.79 Å². The fraction of sp³-hybridized carbons (Fsp3) is 0.464. The topological polar surface area (TPSA) is 105 Å². The Morgan fingerprint density at radius 1 is 0.857 bits per heavy atom. The molecule has 0 aromatic heterocycles. The summed E-state index contributed by atoms with van der Waals surface area (Å²) in [5.41, 5.74) is 4.70. The van der Waals surface area contributed by atoms with E-state index in [0.717, 1.165) is 25.7 Å². The minimum Gasteiger partial charge on any atom is -0.481 e. The summed E-state index contributed by atoms with van der Waals surface area (Å²) in [6, 6.07) is 16.1. The van der Waals surface area contributed by atoms with Crippen LogP contribution in [0, 0.1) is 17.8 Å². The summed E-state index contributed by atoms with van der Waals surface area (Å²) in [4.78, 5) is 36.9. The molecule has 0 saturated heterocycles. The molecule has 2 saturated carbocycles. The van der Waals surface area contributed by atoms with Gasteiger partial charge in [0.15, 0.2) is 0 Å². The van der Waals surface area contributed by atoms with E-state index in [2.05, 4.69) is 34.9 Å². The molecule has 184 valence electrons. The molecular formula is C28H32N2O5. The Kier molecular flexibility index (Phi) is 6.75. The maximum absolute atomic E-state index is 12.9. The van der Waals surface area contributed by atoms with Gasteiger partial charge in [0.2, 0.25) is 5.91 Å². The number of fused-ring (bicyclic) bond motifs is 3. The van der Waals surface area contributed by atoms with Gasteiger partial charge in [-0.05, 0) is 53.9 Å². The highest BCUT2D eigenvalue weighted by molar-refractivity contribution is 5.81. The Morgan fingerprint density at radius 2 is 1.49 bits per heavy atom. The summed E-state index contributed by atoms with van der Waals surface area (Å²) in [5.74, 6) is -1.60. The predicted molar refractivity (Wildman–Crippen MR) is 131 cm³/mol. The van der Waals surface area contributed by atoms with E-state index < -0.39 is 18.0 Å². The van der Waals surface area contributed by atoms with Crippen LogP contribution in [0.4, 0.5) is 4.79 Å². The molecule has 3 aliphatic carbocycles. The van der Waals surface area contributed by atoms with Crippen LogP contribution in [0.15, 0.2) is 48.5 Å². The Hall–Kier alpha value is -3.35. The standard InChI is InChI=1S/C28H32N2O5/c31-26(30-25-14-6-13-23(25)27(32)33)18-12-5-7-17(18)15-29-28(34)35-16-24-21-10-3-1-8-19(21)20-9-2-4-11-22(20)24/h1-4,8-11,17-18,23-25H,5-7,12-16H2,(H,29,34)(H,30,31)(H,32,33)/t17-,18-,23?,25?/m1/s1. The normalized spacial score (nSPS) is 25.0. The second-order valence-corrected chi connectivity index (χ2v) is 9.99. The zero-order valence-corrected chi connectivity index (χ0v) is 19.7. The molecule has 0 bridgehead atoms. The van der Waals surface area contributed by atoms with Crippen LogP contribution in [0.1, 0.15) is 55.6 Å². The summed E-state index contributed by atoms with van der Waals surface area (Å²) < 4.78 is 5.63. The largest absolute Gasteiger partial charge is 0.481 e. The van der Waals surface area contributed by atoms with E-state index in [1.807, 2.05) is 24.3 Å². The average Bonchev–Trinajstić information content (AvgIpc) is 3.59. The highest BCUT2D eigenvalue weighted by atomic mass is 16.5. The molecule has 2 unspecified atom stereocenters. The van der Waals surface area contributed by atoms with Crippen molar-refractivity contribution in [2.45, 2.75) is 50.5 Å². The number of hydrogen-bond acceptors (Lipinski definition) is 4. The van der Waals surface area contributed by atoms with Crippen LogP contribution in [0.3, 0.4) is 0 Å². The maximum atomic E-state index is 12.9. The highest BCUT2D eigenvalue weighted by Gasteiger charge is 2.38. The number of carbonyl (C=O) groups is 3. The summed E-state index contributed by atoms with van der Waals surface area (Å²) in [6.45, 7) is 0.633. The predicted octanol–water partition coefficient (Wildman–Crippen LogP) is 4.31. The minimum atomic E-state index is -0.840. The molecule has 4 atom stereocenters. The monoisotopic (exact) mass is 476 g/mol. The Bertz CT molecular complexity index is 1070. The van der Waals surface area contributed by atoms with Crippen LogP contribution in [0.5, 0.6) is 0 Å². The molecule has 2 fully saturated rings. The zero-order valence-electron chi connectivity index (χ0n) is 19.7. The fourth-order valence-electron chi connectivity index (χ4n) is 6.21. The smallest absolute Gasteiger partial charge is 0.407 e. The number of carboxylic acid groups (broad SMARTS) is 1. The van der Waals surface area contributed by atoms with E-state index in [-0.39, 0.29) is 36.3 Å². The first-order valence-electron chi connectivity index (χ1n) is 12.6. The van der Waals surface area contributed by atoms with Crippen molar-refractivity contribution in [2.24, 2.45) is 17.8 Å². The Balaban J connectivity index is 1.14. The van der Waals surface area contributed by atoms with Crippen LogP contribution in [0.25, 0.3) is 11.1 Å². The Morgan fingerprint density at radius 3 is 2.17 bits per heavy atom. The molecule has 3 N–H and O–H groups in total. The lowest BCUT2D eigenvalue weighted by Crippen LogP contribution is -2.45. The van der Waals surface area contributed by atoms with E-state index in [1.165, 1.54) is 22.3 Å². The number of alkyl carbamates (subject to hydrolysis) is 1. The molecule has 7 nitrogen and oxygen atoms in total. The first kappa shape index (κ1) is 23.4. The van der Waals surface area contributed by atoms with Gasteiger partial charge in [0, 0.05) is 24.4 Å².